The molecule has 7 heteroatoms. The molecule has 0 N–H and O–H groups in total. The van der Waals surface area contributed by atoms with E-state index in [1.54, 1.807) is 41.8 Å². The predicted molar refractivity (Wildman–Crippen MR) is 97.1 cm³/mol. The Balaban J connectivity index is 1.99. The van der Waals surface area contributed by atoms with Crippen LogP contribution in [0.25, 0.3) is 15.9 Å². The Morgan fingerprint density at radius 1 is 0.923 bits per heavy atom. The summed E-state index contributed by atoms with van der Waals surface area (Å²) in [4.78, 5) is 25.8. The summed E-state index contributed by atoms with van der Waals surface area (Å²) in [5, 5.41) is 1.71. The van der Waals surface area contributed by atoms with Crippen LogP contribution in [0.2, 0.25) is 0 Å². The van der Waals surface area contributed by atoms with Crippen LogP contribution < -0.4 is 11.2 Å². The maximum Gasteiger partial charge on any atom is 0.336 e. The van der Waals surface area contributed by atoms with Gasteiger partial charge in [-0.25, -0.2) is 18.1 Å². The van der Waals surface area contributed by atoms with Crippen molar-refractivity contribution >= 4 is 21.6 Å². The van der Waals surface area contributed by atoms with Crippen molar-refractivity contribution in [1.82, 2.24) is 9.13 Å². The minimum Gasteiger partial charge on any atom is -0.288 e. The molecule has 0 saturated heterocycles. The molecular weight excluding hydrogens is 358 g/mol. The normalized spacial score (nSPS) is 11.2. The Morgan fingerprint density at radius 2 is 1.62 bits per heavy atom. The largest absolute Gasteiger partial charge is 0.336 e. The molecule has 4 rings (SSSR count). The van der Waals surface area contributed by atoms with Gasteiger partial charge in [0.25, 0.3) is 5.56 Å². The molecule has 0 aliphatic carbocycles. The lowest BCUT2D eigenvalue weighted by atomic mass is 10.2. The summed E-state index contributed by atoms with van der Waals surface area (Å²) in [6.45, 7) is -0.0478. The van der Waals surface area contributed by atoms with Gasteiger partial charge in [0, 0.05) is 6.07 Å². The van der Waals surface area contributed by atoms with Crippen LogP contribution in [0.1, 0.15) is 5.56 Å². The van der Waals surface area contributed by atoms with Gasteiger partial charge >= 0.3 is 5.69 Å². The van der Waals surface area contributed by atoms with Gasteiger partial charge < -0.3 is 0 Å². The number of thiophene rings is 1. The number of benzene rings is 2. The minimum absolute atomic E-state index is 0.0478. The van der Waals surface area contributed by atoms with Gasteiger partial charge in [-0.1, -0.05) is 18.2 Å². The molecule has 4 aromatic rings. The molecule has 0 fully saturated rings. The molecule has 26 heavy (non-hydrogen) atoms. The Labute approximate surface area is 150 Å². The van der Waals surface area contributed by atoms with Crippen LogP contribution in [-0.2, 0) is 6.54 Å². The van der Waals surface area contributed by atoms with Gasteiger partial charge in [0.1, 0.15) is 16.3 Å². The van der Waals surface area contributed by atoms with Crippen LogP contribution in [0, 0.1) is 11.6 Å². The number of aromatic nitrogens is 2. The third kappa shape index (κ3) is 2.76. The smallest absolute Gasteiger partial charge is 0.288 e. The number of halogens is 2. The second kappa shape index (κ2) is 6.34. The number of para-hydroxylation sites is 1. The summed E-state index contributed by atoms with van der Waals surface area (Å²) >= 11 is 1.22. The van der Waals surface area contributed by atoms with Crippen LogP contribution in [0.3, 0.4) is 0 Å². The average Bonchev–Trinajstić information content (AvgIpc) is 3.09. The SMILES string of the molecule is O=c1c2sccc2n(Cc2cc(F)cc(F)c2)c(=O)n1-c1ccccc1. The Hall–Kier alpha value is -3.06. The van der Waals surface area contributed by atoms with Crippen LogP contribution in [0.15, 0.2) is 69.6 Å². The molecule has 4 nitrogen and oxygen atoms in total. The van der Waals surface area contributed by atoms with E-state index in [0.717, 1.165) is 10.6 Å². The lowest BCUT2D eigenvalue weighted by Gasteiger charge is -2.12. The summed E-state index contributed by atoms with van der Waals surface area (Å²) in [5.41, 5.74) is 0.221. The highest BCUT2D eigenvalue weighted by Crippen LogP contribution is 2.18. The number of hydrogen-bond acceptors (Lipinski definition) is 3. The maximum atomic E-state index is 13.5. The van der Waals surface area contributed by atoms with E-state index < -0.39 is 22.9 Å². The Bertz CT molecular complexity index is 1210. The van der Waals surface area contributed by atoms with Gasteiger partial charge in [0.15, 0.2) is 0 Å². The van der Waals surface area contributed by atoms with Crippen molar-refractivity contribution in [3.8, 4) is 5.69 Å². The van der Waals surface area contributed by atoms with Crippen molar-refractivity contribution in [3.63, 3.8) is 0 Å². The number of fused-ring (bicyclic) bond motifs is 1. The highest BCUT2D eigenvalue weighted by Gasteiger charge is 2.16. The molecular formula is C19H12F2N2O2S. The van der Waals surface area contributed by atoms with E-state index in [4.69, 9.17) is 0 Å². The molecule has 0 radical (unpaired) electrons. The van der Waals surface area contributed by atoms with Gasteiger partial charge in [-0.15, -0.1) is 11.3 Å². The van der Waals surface area contributed by atoms with Crippen LogP contribution in [0.4, 0.5) is 8.78 Å². The van der Waals surface area contributed by atoms with E-state index in [1.807, 2.05) is 0 Å². The quantitative estimate of drug-likeness (QED) is 0.554. The molecule has 0 atom stereocenters. The summed E-state index contributed by atoms with van der Waals surface area (Å²) in [5.74, 6) is -1.43. The number of nitrogens with zero attached hydrogens (tertiary/aromatic N) is 2. The number of rotatable bonds is 3. The van der Waals surface area contributed by atoms with Gasteiger partial charge in [0.2, 0.25) is 0 Å². The maximum absolute atomic E-state index is 13.5. The van der Waals surface area contributed by atoms with Crippen molar-refractivity contribution in [3.05, 3.63) is 98.0 Å². The van der Waals surface area contributed by atoms with Crippen LogP contribution in [0.5, 0.6) is 0 Å². The first-order valence-corrected chi connectivity index (χ1v) is 8.66. The molecule has 0 amide bonds. The fourth-order valence-corrected chi connectivity index (χ4v) is 3.75. The first-order valence-electron chi connectivity index (χ1n) is 7.78. The molecule has 2 aromatic heterocycles. The number of hydrogen-bond donors (Lipinski definition) is 0. The Morgan fingerprint density at radius 3 is 2.31 bits per heavy atom. The third-order valence-electron chi connectivity index (χ3n) is 4.03. The van der Waals surface area contributed by atoms with E-state index >= 15 is 0 Å². The highest BCUT2D eigenvalue weighted by molar-refractivity contribution is 7.17. The molecule has 0 saturated carbocycles. The Kier molecular flexibility index (Phi) is 4.00. The third-order valence-corrected chi connectivity index (χ3v) is 4.92. The van der Waals surface area contributed by atoms with E-state index in [1.165, 1.54) is 28.0 Å². The molecule has 0 aliphatic heterocycles. The minimum atomic E-state index is -0.717. The summed E-state index contributed by atoms with van der Waals surface area (Å²) in [6.07, 6.45) is 0. The summed E-state index contributed by atoms with van der Waals surface area (Å²) < 4.78 is 29.9. The average molecular weight is 370 g/mol. The molecule has 130 valence electrons. The van der Waals surface area contributed by atoms with E-state index in [0.29, 0.717) is 21.5 Å². The first-order chi connectivity index (χ1) is 12.5. The van der Waals surface area contributed by atoms with Crippen molar-refractivity contribution in [1.29, 1.82) is 0 Å². The topological polar surface area (TPSA) is 44.0 Å². The van der Waals surface area contributed by atoms with E-state index in [2.05, 4.69) is 0 Å². The molecule has 0 spiro atoms. The highest BCUT2D eigenvalue weighted by atomic mass is 32.1. The summed E-state index contributed by atoms with van der Waals surface area (Å²) in [6, 6.07) is 13.3. The van der Waals surface area contributed by atoms with Gasteiger partial charge in [-0.3, -0.25) is 9.36 Å². The van der Waals surface area contributed by atoms with Gasteiger partial charge in [0.05, 0.1) is 17.7 Å². The second-order valence-corrected chi connectivity index (χ2v) is 6.67. The standard InChI is InChI=1S/C19H12F2N2O2S/c20-13-8-12(9-14(21)10-13)11-22-16-6-7-26-17(16)18(24)23(19(22)25)15-4-2-1-3-5-15/h1-10H,11H2. The molecule has 2 aromatic carbocycles. The van der Waals surface area contributed by atoms with Crippen LogP contribution >= 0.6 is 11.3 Å². The van der Waals surface area contributed by atoms with Crippen LogP contribution in [-0.4, -0.2) is 9.13 Å². The van der Waals surface area contributed by atoms with Gasteiger partial charge in [-0.05, 0) is 41.3 Å². The predicted octanol–water partition coefficient (Wildman–Crippen LogP) is 3.54. The van der Waals surface area contributed by atoms with Gasteiger partial charge in [-0.2, -0.15) is 0 Å². The monoisotopic (exact) mass is 370 g/mol. The lowest BCUT2D eigenvalue weighted by molar-refractivity contribution is 0.576. The zero-order valence-corrected chi connectivity index (χ0v) is 14.2. The second-order valence-electron chi connectivity index (χ2n) is 5.76. The summed E-state index contributed by atoms with van der Waals surface area (Å²) in [7, 11) is 0. The van der Waals surface area contributed by atoms with Crippen molar-refractivity contribution in [2.75, 3.05) is 0 Å². The lowest BCUT2D eigenvalue weighted by Crippen LogP contribution is -2.38. The fraction of sp³-hybridized carbons (Fsp3) is 0.0526. The molecule has 2 heterocycles. The van der Waals surface area contributed by atoms with Crippen molar-refractivity contribution in [2.24, 2.45) is 0 Å². The van der Waals surface area contributed by atoms with E-state index in [9.17, 15) is 18.4 Å². The van der Waals surface area contributed by atoms with E-state index in [-0.39, 0.29) is 6.54 Å². The van der Waals surface area contributed by atoms with Crippen molar-refractivity contribution < 1.29 is 8.78 Å². The fourth-order valence-electron chi connectivity index (χ4n) is 2.93. The molecule has 0 aliphatic rings. The zero-order chi connectivity index (χ0) is 18.3. The first kappa shape index (κ1) is 16.4. The zero-order valence-electron chi connectivity index (χ0n) is 13.4. The van der Waals surface area contributed by atoms with Crippen molar-refractivity contribution in [2.45, 2.75) is 6.54 Å². The molecule has 0 bridgehead atoms. The molecule has 0 unspecified atom stereocenters.